The lowest BCUT2D eigenvalue weighted by atomic mass is 10.00. The standard InChI is InChI=1S/C16H23N3O3/c1-12(11-22-2)17-16(21)18-15(20)10-19-8-7-13-5-3-4-6-14(13)9-19/h3-6,12H,7-11H2,1-2H3,(H2,17,18,20,21). The van der Waals surface area contributed by atoms with Crippen LogP contribution in [0.15, 0.2) is 24.3 Å². The Labute approximate surface area is 130 Å². The third-order valence-electron chi connectivity index (χ3n) is 3.62. The molecule has 0 bridgehead atoms. The summed E-state index contributed by atoms with van der Waals surface area (Å²) in [4.78, 5) is 25.6. The number of imide groups is 1. The van der Waals surface area contributed by atoms with Gasteiger partial charge in [0.25, 0.3) is 0 Å². The number of hydrogen-bond donors (Lipinski definition) is 2. The third-order valence-corrected chi connectivity index (χ3v) is 3.62. The first-order valence-corrected chi connectivity index (χ1v) is 7.47. The SMILES string of the molecule is COCC(C)NC(=O)NC(=O)CN1CCc2ccccc2C1. The average Bonchev–Trinajstić information content (AvgIpc) is 2.46. The Bertz CT molecular complexity index is 533. The number of amides is 3. The smallest absolute Gasteiger partial charge is 0.321 e. The van der Waals surface area contributed by atoms with E-state index in [2.05, 4.69) is 22.8 Å². The summed E-state index contributed by atoms with van der Waals surface area (Å²) in [6.45, 7) is 4.01. The molecule has 1 unspecified atom stereocenters. The van der Waals surface area contributed by atoms with Crippen molar-refractivity contribution in [2.75, 3.05) is 26.8 Å². The second-order valence-corrected chi connectivity index (χ2v) is 5.61. The van der Waals surface area contributed by atoms with Crippen molar-refractivity contribution in [1.29, 1.82) is 0 Å². The molecule has 1 atom stereocenters. The first-order chi connectivity index (χ1) is 10.6. The fraction of sp³-hybridized carbons (Fsp3) is 0.500. The minimum Gasteiger partial charge on any atom is -0.383 e. The van der Waals surface area contributed by atoms with Gasteiger partial charge in [-0.1, -0.05) is 24.3 Å². The number of urea groups is 1. The van der Waals surface area contributed by atoms with Gasteiger partial charge in [-0.15, -0.1) is 0 Å². The maximum atomic E-state index is 11.9. The summed E-state index contributed by atoms with van der Waals surface area (Å²) in [7, 11) is 1.56. The summed E-state index contributed by atoms with van der Waals surface area (Å²) < 4.78 is 4.93. The largest absolute Gasteiger partial charge is 0.383 e. The van der Waals surface area contributed by atoms with Gasteiger partial charge in [0, 0.05) is 20.2 Å². The van der Waals surface area contributed by atoms with Crippen LogP contribution in [-0.2, 0) is 22.5 Å². The molecule has 0 radical (unpaired) electrons. The zero-order valence-corrected chi connectivity index (χ0v) is 13.1. The number of nitrogens with one attached hydrogen (secondary N) is 2. The maximum Gasteiger partial charge on any atom is 0.321 e. The molecule has 0 aliphatic carbocycles. The number of carbonyl (C=O) groups excluding carboxylic acids is 2. The zero-order valence-electron chi connectivity index (χ0n) is 13.1. The Morgan fingerprint density at radius 3 is 2.77 bits per heavy atom. The topological polar surface area (TPSA) is 70.7 Å². The van der Waals surface area contributed by atoms with Gasteiger partial charge in [0.15, 0.2) is 0 Å². The summed E-state index contributed by atoms with van der Waals surface area (Å²) >= 11 is 0. The number of ether oxygens (including phenoxy) is 1. The monoisotopic (exact) mass is 305 g/mol. The summed E-state index contributed by atoms with van der Waals surface area (Å²) in [5.41, 5.74) is 2.59. The highest BCUT2D eigenvalue weighted by Crippen LogP contribution is 2.17. The molecule has 2 rings (SSSR count). The van der Waals surface area contributed by atoms with Crippen LogP contribution in [0.25, 0.3) is 0 Å². The zero-order chi connectivity index (χ0) is 15.9. The lowest BCUT2D eigenvalue weighted by Gasteiger charge is -2.28. The van der Waals surface area contributed by atoms with E-state index in [0.29, 0.717) is 6.61 Å². The lowest BCUT2D eigenvalue weighted by Crippen LogP contribution is -2.48. The van der Waals surface area contributed by atoms with E-state index >= 15 is 0 Å². The number of fused-ring (bicyclic) bond motifs is 1. The molecule has 0 saturated heterocycles. The Morgan fingerprint density at radius 1 is 1.32 bits per heavy atom. The highest BCUT2D eigenvalue weighted by Gasteiger charge is 2.19. The molecular weight excluding hydrogens is 282 g/mol. The Hall–Kier alpha value is -1.92. The van der Waals surface area contributed by atoms with E-state index in [0.717, 1.165) is 19.5 Å². The summed E-state index contributed by atoms with van der Waals surface area (Å²) in [6, 6.07) is 7.63. The molecule has 120 valence electrons. The van der Waals surface area contributed by atoms with E-state index in [1.54, 1.807) is 7.11 Å². The van der Waals surface area contributed by atoms with Gasteiger partial charge in [-0.25, -0.2) is 4.79 Å². The number of carbonyl (C=O) groups is 2. The van der Waals surface area contributed by atoms with E-state index in [-0.39, 0.29) is 18.5 Å². The van der Waals surface area contributed by atoms with Gasteiger partial charge in [-0.2, -0.15) is 0 Å². The maximum absolute atomic E-state index is 11.9. The molecule has 1 aliphatic heterocycles. The van der Waals surface area contributed by atoms with Crippen LogP contribution in [0, 0.1) is 0 Å². The molecule has 1 aliphatic rings. The second-order valence-electron chi connectivity index (χ2n) is 5.61. The minimum atomic E-state index is -0.480. The highest BCUT2D eigenvalue weighted by molar-refractivity contribution is 5.95. The van der Waals surface area contributed by atoms with Crippen LogP contribution >= 0.6 is 0 Å². The van der Waals surface area contributed by atoms with E-state index in [4.69, 9.17) is 4.74 Å². The highest BCUT2D eigenvalue weighted by atomic mass is 16.5. The molecule has 1 aromatic carbocycles. The fourth-order valence-electron chi connectivity index (χ4n) is 2.61. The molecule has 6 heteroatoms. The molecule has 22 heavy (non-hydrogen) atoms. The molecule has 0 saturated carbocycles. The predicted molar refractivity (Wildman–Crippen MR) is 83.4 cm³/mol. The van der Waals surface area contributed by atoms with Crippen LogP contribution < -0.4 is 10.6 Å². The average molecular weight is 305 g/mol. The lowest BCUT2D eigenvalue weighted by molar-refractivity contribution is -0.121. The molecule has 6 nitrogen and oxygen atoms in total. The predicted octanol–water partition coefficient (Wildman–Crippen LogP) is 0.905. The van der Waals surface area contributed by atoms with E-state index in [1.807, 2.05) is 24.0 Å². The van der Waals surface area contributed by atoms with E-state index in [1.165, 1.54) is 11.1 Å². The van der Waals surface area contributed by atoms with Crippen LogP contribution in [0.3, 0.4) is 0 Å². The van der Waals surface area contributed by atoms with Gasteiger partial charge in [0.2, 0.25) is 5.91 Å². The van der Waals surface area contributed by atoms with Crippen LogP contribution in [0.5, 0.6) is 0 Å². The number of nitrogens with zero attached hydrogens (tertiary/aromatic N) is 1. The van der Waals surface area contributed by atoms with Crippen molar-refractivity contribution in [2.45, 2.75) is 25.9 Å². The van der Waals surface area contributed by atoms with Gasteiger partial charge in [0.1, 0.15) is 0 Å². The van der Waals surface area contributed by atoms with Gasteiger partial charge in [0.05, 0.1) is 19.2 Å². The molecule has 0 fully saturated rings. The van der Waals surface area contributed by atoms with E-state index < -0.39 is 6.03 Å². The van der Waals surface area contributed by atoms with Crippen LogP contribution in [0.4, 0.5) is 4.79 Å². The van der Waals surface area contributed by atoms with Crippen molar-refractivity contribution in [2.24, 2.45) is 0 Å². The van der Waals surface area contributed by atoms with E-state index in [9.17, 15) is 9.59 Å². The molecule has 0 aromatic heterocycles. The quantitative estimate of drug-likeness (QED) is 0.848. The van der Waals surface area contributed by atoms with Gasteiger partial charge in [-0.3, -0.25) is 15.0 Å². The van der Waals surface area contributed by atoms with Gasteiger partial charge in [-0.05, 0) is 24.5 Å². The third kappa shape index (κ3) is 4.82. The van der Waals surface area contributed by atoms with Crippen molar-refractivity contribution in [3.8, 4) is 0 Å². The number of hydrogen-bond acceptors (Lipinski definition) is 4. The Morgan fingerprint density at radius 2 is 2.05 bits per heavy atom. The molecule has 0 spiro atoms. The minimum absolute atomic E-state index is 0.139. The molecule has 3 amide bonds. The van der Waals surface area contributed by atoms with Crippen molar-refractivity contribution in [3.63, 3.8) is 0 Å². The Balaban J connectivity index is 1.77. The molecule has 1 aromatic rings. The van der Waals surface area contributed by atoms with Gasteiger partial charge >= 0.3 is 6.03 Å². The van der Waals surface area contributed by atoms with Crippen LogP contribution in [-0.4, -0.2) is 49.7 Å². The summed E-state index contributed by atoms with van der Waals surface area (Å²) in [5, 5.41) is 5.00. The molecular formula is C16H23N3O3. The summed E-state index contributed by atoms with van der Waals surface area (Å²) in [5.74, 6) is -0.290. The Kier molecular flexibility index (Phi) is 5.91. The van der Waals surface area contributed by atoms with Gasteiger partial charge < -0.3 is 10.1 Å². The van der Waals surface area contributed by atoms with Crippen LogP contribution in [0.1, 0.15) is 18.1 Å². The number of benzene rings is 1. The summed E-state index contributed by atoms with van der Waals surface area (Å²) in [6.07, 6.45) is 0.931. The fourth-order valence-corrected chi connectivity index (χ4v) is 2.61. The van der Waals surface area contributed by atoms with Crippen molar-refractivity contribution < 1.29 is 14.3 Å². The number of rotatable bonds is 5. The van der Waals surface area contributed by atoms with Crippen molar-refractivity contribution in [1.82, 2.24) is 15.5 Å². The first-order valence-electron chi connectivity index (χ1n) is 7.47. The van der Waals surface area contributed by atoms with Crippen LogP contribution in [0.2, 0.25) is 0 Å². The second kappa shape index (κ2) is 7.91. The molecule has 1 heterocycles. The number of methoxy groups -OCH3 is 1. The normalized spacial score (nSPS) is 15.7. The van der Waals surface area contributed by atoms with Crippen molar-refractivity contribution in [3.05, 3.63) is 35.4 Å². The first kappa shape index (κ1) is 16.5. The molecule has 2 N–H and O–H groups in total. The van der Waals surface area contributed by atoms with Crippen molar-refractivity contribution >= 4 is 11.9 Å².